The van der Waals surface area contributed by atoms with E-state index in [4.69, 9.17) is 23.8 Å². The Morgan fingerprint density at radius 3 is 2.57 bits per heavy atom. The van der Waals surface area contributed by atoms with Gasteiger partial charge < -0.3 is 10.2 Å². The van der Waals surface area contributed by atoms with E-state index in [9.17, 15) is 0 Å². The zero-order valence-corrected chi connectivity index (χ0v) is 13.2. The third kappa shape index (κ3) is 3.36. The predicted octanol–water partition coefficient (Wildman–Crippen LogP) is 4.53. The van der Waals surface area contributed by atoms with Crippen molar-refractivity contribution in [3.63, 3.8) is 0 Å². The molecule has 0 radical (unpaired) electrons. The molecule has 0 aliphatic carbocycles. The fraction of sp³-hybridized carbons (Fsp3) is 0.235. The standard InChI is InChI=1S/C17H17ClN2S/c18-15-8-4-5-9-16(15)19-17(21)20-11-10-14(12-20)13-6-2-1-3-7-13/h1-9,14H,10-12H2,(H,19,21)/t14-/m0/s1. The van der Waals surface area contributed by atoms with Crippen molar-refractivity contribution in [1.82, 2.24) is 4.90 Å². The van der Waals surface area contributed by atoms with E-state index >= 15 is 0 Å². The Balaban J connectivity index is 1.64. The van der Waals surface area contributed by atoms with Gasteiger partial charge in [-0.25, -0.2) is 0 Å². The van der Waals surface area contributed by atoms with Gasteiger partial charge in [0.15, 0.2) is 5.11 Å². The molecule has 21 heavy (non-hydrogen) atoms. The second kappa shape index (κ2) is 6.46. The molecule has 1 aliphatic rings. The van der Waals surface area contributed by atoms with Crippen LogP contribution in [0.2, 0.25) is 5.02 Å². The van der Waals surface area contributed by atoms with Crippen LogP contribution in [0, 0.1) is 0 Å². The average molecular weight is 317 g/mol. The molecule has 1 fully saturated rings. The van der Waals surface area contributed by atoms with Crippen molar-refractivity contribution in [2.75, 3.05) is 18.4 Å². The Hall–Kier alpha value is -1.58. The number of nitrogens with zero attached hydrogens (tertiary/aromatic N) is 1. The summed E-state index contributed by atoms with van der Waals surface area (Å²) >= 11 is 11.7. The van der Waals surface area contributed by atoms with Crippen LogP contribution in [0.5, 0.6) is 0 Å². The number of halogens is 1. The fourth-order valence-corrected chi connectivity index (χ4v) is 3.16. The minimum Gasteiger partial charge on any atom is -0.348 e. The van der Waals surface area contributed by atoms with Crippen molar-refractivity contribution in [3.8, 4) is 0 Å². The molecule has 0 saturated carbocycles. The molecule has 2 aromatic carbocycles. The highest BCUT2D eigenvalue weighted by Crippen LogP contribution is 2.28. The maximum absolute atomic E-state index is 6.16. The van der Waals surface area contributed by atoms with Crippen LogP contribution in [0.4, 0.5) is 5.69 Å². The van der Waals surface area contributed by atoms with Gasteiger partial charge in [-0.2, -0.15) is 0 Å². The van der Waals surface area contributed by atoms with Crippen LogP contribution in [0.15, 0.2) is 54.6 Å². The lowest BCUT2D eigenvalue weighted by molar-refractivity contribution is 0.518. The van der Waals surface area contributed by atoms with E-state index in [2.05, 4.69) is 40.5 Å². The van der Waals surface area contributed by atoms with Crippen LogP contribution in [0.3, 0.4) is 0 Å². The molecule has 3 rings (SSSR count). The number of rotatable bonds is 2. The molecular weight excluding hydrogens is 300 g/mol. The minimum atomic E-state index is 0.553. The number of likely N-dealkylation sites (tertiary alicyclic amines) is 1. The number of anilines is 1. The van der Waals surface area contributed by atoms with Crippen LogP contribution in [-0.2, 0) is 0 Å². The van der Waals surface area contributed by atoms with Gasteiger partial charge in [-0.1, -0.05) is 54.1 Å². The van der Waals surface area contributed by atoms with E-state index in [1.807, 2.05) is 24.3 Å². The molecule has 2 nitrogen and oxygen atoms in total. The Bertz CT molecular complexity index is 630. The van der Waals surface area contributed by atoms with Gasteiger partial charge >= 0.3 is 0 Å². The highest BCUT2D eigenvalue weighted by Gasteiger charge is 2.25. The van der Waals surface area contributed by atoms with E-state index in [1.165, 1.54) is 5.56 Å². The molecule has 0 aromatic heterocycles. The van der Waals surface area contributed by atoms with E-state index in [1.54, 1.807) is 0 Å². The lowest BCUT2D eigenvalue weighted by Gasteiger charge is -2.21. The normalized spacial score (nSPS) is 17.8. The van der Waals surface area contributed by atoms with Crippen molar-refractivity contribution in [1.29, 1.82) is 0 Å². The van der Waals surface area contributed by atoms with Gasteiger partial charge in [-0.3, -0.25) is 0 Å². The smallest absolute Gasteiger partial charge is 0.173 e. The molecule has 1 aliphatic heterocycles. The molecule has 1 N–H and O–H groups in total. The van der Waals surface area contributed by atoms with Crippen LogP contribution in [0.1, 0.15) is 17.9 Å². The number of hydrogen-bond acceptors (Lipinski definition) is 1. The molecule has 0 unspecified atom stereocenters. The highest BCUT2D eigenvalue weighted by molar-refractivity contribution is 7.80. The summed E-state index contributed by atoms with van der Waals surface area (Å²) in [5.41, 5.74) is 2.26. The Kier molecular flexibility index (Phi) is 4.42. The summed E-state index contributed by atoms with van der Waals surface area (Å²) in [7, 11) is 0. The largest absolute Gasteiger partial charge is 0.348 e. The van der Waals surface area contributed by atoms with Gasteiger partial charge in [0.05, 0.1) is 10.7 Å². The summed E-state index contributed by atoms with van der Waals surface area (Å²) in [5, 5.41) is 4.69. The number of thiocarbonyl (C=S) groups is 1. The van der Waals surface area contributed by atoms with Gasteiger partial charge in [0, 0.05) is 19.0 Å². The van der Waals surface area contributed by atoms with Gasteiger partial charge in [-0.15, -0.1) is 0 Å². The summed E-state index contributed by atoms with van der Waals surface area (Å²) in [5.74, 6) is 0.553. The molecule has 2 aromatic rings. The summed E-state index contributed by atoms with van der Waals surface area (Å²) < 4.78 is 0. The molecular formula is C17H17ClN2S. The van der Waals surface area contributed by atoms with E-state index in [0.29, 0.717) is 10.9 Å². The summed E-state index contributed by atoms with van der Waals surface area (Å²) in [6, 6.07) is 18.3. The first-order valence-corrected chi connectivity index (χ1v) is 7.88. The Labute approximate surface area is 135 Å². The van der Waals surface area contributed by atoms with Crippen molar-refractivity contribution in [2.24, 2.45) is 0 Å². The molecule has 1 saturated heterocycles. The van der Waals surface area contributed by atoms with E-state index in [-0.39, 0.29) is 0 Å². The Morgan fingerprint density at radius 2 is 1.81 bits per heavy atom. The van der Waals surface area contributed by atoms with Gasteiger partial charge in [0.2, 0.25) is 0 Å². The van der Waals surface area contributed by atoms with Crippen molar-refractivity contribution < 1.29 is 0 Å². The molecule has 0 bridgehead atoms. The van der Waals surface area contributed by atoms with Gasteiger partial charge in [0.1, 0.15) is 0 Å². The number of nitrogens with one attached hydrogen (secondary N) is 1. The van der Waals surface area contributed by atoms with Crippen LogP contribution < -0.4 is 5.32 Å². The lowest BCUT2D eigenvalue weighted by atomic mass is 9.99. The third-order valence-electron chi connectivity index (χ3n) is 3.86. The van der Waals surface area contributed by atoms with Gasteiger partial charge in [0.25, 0.3) is 0 Å². The lowest BCUT2D eigenvalue weighted by Crippen LogP contribution is -2.32. The number of para-hydroxylation sites is 1. The zero-order valence-electron chi connectivity index (χ0n) is 11.6. The van der Waals surface area contributed by atoms with Crippen LogP contribution in [-0.4, -0.2) is 23.1 Å². The maximum atomic E-state index is 6.16. The monoisotopic (exact) mass is 316 g/mol. The average Bonchev–Trinajstić information content (AvgIpc) is 3.00. The molecule has 0 amide bonds. The van der Waals surface area contributed by atoms with Crippen LogP contribution >= 0.6 is 23.8 Å². The van der Waals surface area contributed by atoms with Crippen molar-refractivity contribution in [3.05, 3.63) is 65.2 Å². The predicted molar refractivity (Wildman–Crippen MR) is 93.0 cm³/mol. The van der Waals surface area contributed by atoms with E-state index < -0.39 is 0 Å². The first-order chi connectivity index (χ1) is 10.2. The van der Waals surface area contributed by atoms with Gasteiger partial charge in [-0.05, 0) is 36.3 Å². The fourth-order valence-electron chi connectivity index (χ4n) is 2.70. The highest BCUT2D eigenvalue weighted by atomic mass is 35.5. The quantitative estimate of drug-likeness (QED) is 0.820. The second-order valence-corrected chi connectivity index (χ2v) is 6.05. The second-order valence-electron chi connectivity index (χ2n) is 5.25. The van der Waals surface area contributed by atoms with E-state index in [0.717, 1.165) is 30.3 Å². The first-order valence-electron chi connectivity index (χ1n) is 7.09. The Morgan fingerprint density at radius 1 is 1.10 bits per heavy atom. The van der Waals surface area contributed by atoms with Crippen LogP contribution in [0.25, 0.3) is 0 Å². The third-order valence-corrected chi connectivity index (χ3v) is 4.55. The topological polar surface area (TPSA) is 15.3 Å². The summed E-state index contributed by atoms with van der Waals surface area (Å²) in [6.07, 6.45) is 1.13. The summed E-state index contributed by atoms with van der Waals surface area (Å²) in [4.78, 5) is 2.22. The maximum Gasteiger partial charge on any atom is 0.173 e. The molecule has 0 spiro atoms. The molecule has 4 heteroatoms. The summed E-state index contributed by atoms with van der Waals surface area (Å²) in [6.45, 7) is 1.94. The minimum absolute atomic E-state index is 0.553. The number of benzene rings is 2. The first kappa shape index (κ1) is 14.4. The number of hydrogen-bond donors (Lipinski definition) is 1. The van der Waals surface area contributed by atoms with Crippen molar-refractivity contribution in [2.45, 2.75) is 12.3 Å². The molecule has 1 heterocycles. The molecule has 1 atom stereocenters. The molecule has 108 valence electrons. The van der Waals surface area contributed by atoms with Crippen molar-refractivity contribution >= 4 is 34.6 Å². The SMILES string of the molecule is S=C(Nc1ccccc1Cl)N1CC[C@H](c2ccccc2)C1. The zero-order chi connectivity index (χ0) is 14.7.